The number of nitrogens with one attached hydrogen (secondary N) is 1. The van der Waals surface area contributed by atoms with Crippen LogP contribution < -0.4 is 5.32 Å². The van der Waals surface area contributed by atoms with Crippen LogP contribution in [0.2, 0.25) is 0 Å². The molecule has 0 aliphatic carbocycles. The van der Waals surface area contributed by atoms with Crippen LogP contribution in [0.1, 0.15) is 23.6 Å². The SMILES string of the molecule is CCc1ccccc1NCC(=O)N(C)Cc1ccccc1C. The van der Waals surface area contributed by atoms with Gasteiger partial charge in [0, 0.05) is 19.3 Å². The molecule has 0 aromatic heterocycles. The Bertz CT molecular complexity index is 637. The van der Waals surface area contributed by atoms with Crippen molar-refractivity contribution in [1.29, 1.82) is 0 Å². The summed E-state index contributed by atoms with van der Waals surface area (Å²) in [5.41, 5.74) is 4.68. The van der Waals surface area contributed by atoms with Crippen molar-refractivity contribution in [3.8, 4) is 0 Å². The van der Waals surface area contributed by atoms with Crippen LogP contribution in [0.5, 0.6) is 0 Å². The van der Waals surface area contributed by atoms with Crippen molar-refractivity contribution in [2.45, 2.75) is 26.8 Å². The smallest absolute Gasteiger partial charge is 0.241 e. The standard InChI is InChI=1S/C19H24N2O/c1-4-16-10-7-8-12-18(16)20-13-19(22)21(3)14-17-11-6-5-9-15(17)2/h5-12,20H,4,13-14H2,1-3H3. The first-order valence-electron chi connectivity index (χ1n) is 7.72. The van der Waals surface area contributed by atoms with Crippen LogP contribution in [-0.4, -0.2) is 24.4 Å². The lowest BCUT2D eigenvalue weighted by molar-refractivity contribution is -0.128. The number of aryl methyl sites for hydroxylation is 2. The number of hydrogen-bond acceptors (Lipinski definition) is 2. The molecule has 0 heterocycles. The molecular formula is C19H24N2O. The number of amides is 1. The van der Waals surface area contributed by atoms with Crippen molar-refractivity contribution in [3.63, 3.8) is 0 Å². The Kier molecular flexibility index (Phi) is 5.59. The van der Waals surface area contributed by atoms with Crippen molar-refractivity contribution >= 4 is 11.6 Å². The molecule has 1 amide bonds. The predicted molar refractivity (Wildman–Crippen MR) is 92.0 cm³/mol. The number of rotatable bonds is 6. The van der Waals surface area contributed by atoms with Crippen LogP contribution in [0, 0.1) is 6.92 Å². The number of hydrogen-bond donors (Lipinski definition) is 1. The number of carbonyl (C=O) groups excluding carboxylic acids is 1. The van der Waals surface area contributed by atoms with E-state index in [2.05, 4.69) is 37.4 Å². The molecule has 0 bridgehead atoms. The number of carbonyl (C=O) groups is 1. The second kappa shape index (κ2) is 7.64. The Morgan fingerprint density at radius 1 is 1.05 bits per heavy atom. The summed E-state index contributed by atoms with van der Waals surface area (Å²) in [7, 11) is 1.85. The molecule has 0 saturated carbocycles. The van der Waals surface area contributed by atoms with Gasteiger partial charge in [-0.05, 0) is 36.1 Å². The summed E-state index contributed by atoms with van der Waals surface area (Å²) in [6.45, 7) is 5.15. The first-order valence-corrected chi connectivity index (χ1v) is 7.72. The van der Waals surface area contributed by atoms with Crippen LogP contribution in [0.3, 0.4) is 0 Å². The molecule has 3 nitrogen and oxygen atoms in total. The van der Waals surface area contributed by atoms with Gasteiger partial charge in [0.25, 0.3) is 0 Å². The molecule has 0 spiro atoms. The maximum Gasteiger partial charge on any atom is 0.241 e. The number of likely N-dealkylation sites (N-methyl/N-ethyl adjacent to an activating group) is 1. The fourth-order valence-electron chi connectivity index (χ4n) is 2.44. The number of nitrogens with zero attached hydrogens (tertiary/aromatic N) is 1. The molecule has 2 aromatic carbocycles. The Hall–Kier alpha value is -2.29. The topological polar surface area (TPSA) is 32.3 Å². The molecule has 0 aliphatic rings. The van der Waals surface area contributed by atoms with E-state index < -0.39 is 0 Å². The quantitative estimate of drug-likeness (QED) is 0.883. The molecular weight excluding hydrogens is 272 g/mol. The Morgan fingerprint density at radius 2 is 1.68 bits per heavy atom. The molecule has 0 atom stereocenters. The zero-order chi connectivity index (χ0) is 15.9. The molecule has 116 valence electrons. The second-order valence-electron chi connectivity index (χ2n) is 5.54. The number of anilines is 1. The van der Waals surface area contributed by atoms with Gasteiger partial charge in [0.2, 0.25) is 5.91 Å². The highest BCUT2D eigenvalue weighted by Gasteiger charge is 2.10. The summed E-state index contributed by atoms with van der Waals surface area (Å²) in [6.07, 6.45) is 0.955. The minimum atomic E-state index is 0.0918. The van der Waals surface area contributed by atoms with Gasteiger partial charge < -0.3 is 10.2 Å². The molecule has 0 fully saturated rings. The van der Waals surface area contributed by atoms with Crippen LogP contribution in [0.15, 0.2) is 48.5 Å². The normalized spacial score (nSPS) is 10.3. The largest absolute Gasteiger partial charge is 0.376 e. The van der Waals surface area contributed by atoms with Crippen molar-refractivity contribution < 1.29 is 4.79 Å². The lowest BCUT2D eigenvalue weighted by atomic mass is 10.1. The van der Waals surface area contributed by atoms with E-state index in [4.69, 9.17) is 0 Å². The van der Waals surface area contributed by atoms with Gasteiger partial charge in [-0.15, -0.1) is 0 Å². The first-order chi connectivity index (χ1) is 10.6. The van der Waals surface area contributed by atoms with Gasteiger partial charge in [-0.3, -0.25) is 4.79 Å². The van der Waals surface area contributed by atoms with Gasteiger partial charge >= 0.3 is 0 Å². The van der Waals surface area contributed by atoms with Crippen molar-refractivity contribution in [2.24, 2.45) is 0 Å². The number of benzene rings is 2. The van der Waals surface area contributed by atoms with Crippen LogP contribution in [0.4, 0.5) is 5.69 Å². The fraction of sp³-hybridized carbons (Fsp3) is 0.316. The average Bonchev–Trinajstić information content (AvgIpc) is 2.54. The Labute approximate surface area is 133 Å². The molecule has 2 rings (SSSR count). The van der Waals surface area contributed by atoms with Gasteiger partial charge in [-0.25, -0.2) is 0 Å². The zero-order valence-corrected chi connectivity index (χ0v) is 13.6. The summed E-state index contributed by atoms with van der Waals surface area (Å²) in [6, 6.07) is 16.3. The van der Waals surface area contributed by atoms with Gasteiger partial charge in [0.1, 0.15) is 0 Å². The molecule has 3 heteroatoms. The zero-order valence-electron chi connectivity index (χ0n) is 13.6. The Balaban J connectivity index is 1.93. The lowest BCUT2D eigenvalue weighted by Gasteiger charge is -2.19. The summed E-state index contributed by atoms with van der Waals surface area (Å²) in [5.74, 6) is 0.0918. The maximum atomic E-state index is 12.3. The Morgan fingerprint density at radius 3 is 2.36 bits per heavy atom. The molecule has 1 N–H and O–H groups in total. The van der Waals surface area contributed by atoms with E-state index in [1.165, 1.54) is 16.7 Å². The third-order valence-electron chi connectivity index (χ3n) is 3.92. The molecule has 0 aliphatic heterocycles. The van der Waals surface area contributed by atoms with E-state index in [0.717, 1.165) is 12.1 Å². The van der Waals surface area contributed by atoms with Crippen molar-refractivity contribution in [3.05, 3.63) is 65.2 Å². The van der Waals surface area contributed by atoms with E-state index >= 15 is 0 Å². The summed E-state index contributed by atoms with van der Waals surface area (Å²) < 4.78 is 0. The minimum absolute atomic E-state index is 0.0918. The highest BCUT2D eigenvalue weighted by Crippen LogP contribution is 2.15. The monoisotopic (exact) mass is 296 g/mol. The molecule has 0 saturated heterocycles. The van der Waals surface area contributed by atoms with E-state index in [1.807, 2.05) is 37.4 Å². The first kappa shape index (κ1) is 16.1. The molecule has 0 radical (unpaired) electrons. The highest BCUT2D eigenvalue weighted by molar-refractivity contribution is 5.80. The highest BCUT2D eigenvalue weighted by atomic mass is 16.2. The predicted octanol–water partition coefficient (Wildman–Crippen LogP) is 3.63. The van der Waals surface area contributed by atoms with E-state index in [1.54, 1.807) is 4.90 Å². The molecule has 0 unspecified atom stereocenters. The second-order valence-corrected chi connectivity index (χ2v) is 5.54. The van der Waals surface area contributed by atoms with Crippen LogP contribution in [-0.2, 0) is 17.8 Å². The maximum absolute atomic E-state index is 12.3. The van der Waals surface area contributed by atoms with Gasteiger partial charge in [0.05, 0.1) is 6.54 Å². The van der Waals surface area contributed by atoms with E-state index in [9.17, 15) is 4.79 Å². The summed E-state index contributed by atoms with van der Waals surface area (Å²) in [5, 5.41) is 3.25. The lowest BCUT2D eigenvalue weighted by Crippen LogP contribution is -2.32. The molecule has 22 heavy (non-hydrogen) atoms. The summed E-state index contributed by atoms with van der Waals surface area (Å²) in [4.78, 5) is 14.1. The van der Waals surface area contributed by atoms with Crippen LogP contribution >= 0.6 is 0 Å². The molecule has 2 aromatic rings. The average molecular weight is 296 g/mol. The van der Waals surface area contributed by atoms with Crippen molar-refractivity contribution in [2.75, 3.05) is 18.9 Å². The van der Waals surface area contributed by atoms with Crippen molar-refractivity contribution in [1.82, 2.24) is 4.90 Å². The van der Waals surface area contributed by atoms with E-state index in [0.29, 0.717) is 13.1 Å². The third-order valence-corrected chi connectivity index (χ3v) is 3.92. The minimum Gasteiger partial charge on any atom is -0.376 e. The summed E-state index contributed by atoms with van der Waals surface area (Å²) >= 11 is 0. The van der Waals surface area contributed by atoms with Gasteiger partial charge in [0.15, 0.2) is 0 Å². The van der Waals surface area contributed by atoms with Gasteiger partial charge in [-0.1, -0.05) is 49.4 Å². The number of para-hydroxylation sites is 1. The van der Waals surface area contributed by atoms with Crippen LogP contribution in [0.25, 0.3) is 0 Å². The van der Waals surface area contributed by atoms with Gasteiger partial charge in [-0.2, -0.15) is 0 Å². The fourth-order valence-corrected chi connectivity index (χ4v) is 2.44. The third kappa shape index (κ3) is 4.10. The van der Waals surface area contributed by atoms with E-state index in [-0.39, 0.29) is 5.91 Å².